The average Bonchev–Trinajstić information content (AvgIpc) is 3.54. The minimum atomic E-state index is -2.38. The lowest BCUT2D eigenvalue weighted by Crippen LogP contribution is -2.57. The predicted octanol–water partition coefficient (Wildman–Crippen LogP) is 1.35. The molecule has 4 atom stereocenters. The van der Waals surface area contributed by atoms with Crippen LogP contribution in [0.2, 0.25) is 5.28 Å². The lowest BCUT2D eigenvalue weighted by atomic mass is 9.91. The summed E-state index contributed by atoms with van der Waals surface area (Å²) in [5, 5.41) is -0.221. The molecule has 0 aliphatic carbocycles. The fourth-order valence-electron chi connectivity index (χ4n) is 5.00. The first kappa shape index (κ1) is 34.0. The van der Waals surface area contributed by atoms with E-state index in [0.29, 0.717) is 5.56 Å². The number of nitrogen functional groups attached to an aromatic ring is 1. The summed E-state index contributed by atoms with van der Waals surface area (Å²) in [6, 6.07) is 3.14. The smallest absolute Gasteiger partial charge is 0.350 e. The predicted molar refractivity (Wildman–Crippen MR) is 157 cm³/mol. The van der Waals surface area contributed by atoms with Crippen molar-refractivity contribution < 1.29 is 47.6 Å². The summed E-state index contributed by atoms with van der Waals surface area (Å²) in [5.41, 5.74) is 2.10. The van der Waals surface area contributed by atoms with Gasteiger partial charge in [-0.15, -0.1) is 6.42 Å². The third-order valence-corrected chi connectivity index (χ3v) is 7.05. The van der Waals surface area contributed by atoms with Crippen LogP contribution in [0.5, 0.6) is 0 Å². The first-order chi connectivity index (χ1) is 21.9. The molecule has 244 valence electrons. The molecule has 16 nitrogen and oxygen atoms in total. The van der Waals surface area contributed by atoms with Crippen molar-refractivity contribution in [2.75, 3.05) is 25.6 Å². The third-order valence-electron chi connectivity index (χ3n) is 6.88. The van der Waals surface area contributed by atoms with Crippen LogP contribution >= 0.6 is 11.6 Å². The van der Waals surface area contributed by atoms with E-state index in [1.807, 2.05) is 0 Å². The number of aromatic nitrogens is 5. The summed E-state index contributed by atoms with van der Waals surface area (Å²) in [6.45, 7) is 4.42. The molecule has 0 unspecified atom stereocenters. The van der Waals surface area contributed by atoms with Crippen LogP contribution < -0.4 is 5.73 Å². The first-order valence-corrected chi connectivity index (χ1v) is 14.3. The van der Waals surface area contributed by atoms with Crippen molar-refractivity contribution in [2.45, 2.75) is 63.8 Å². The highest BCUT2D eigenvalue weighted by molar-refractivity contribution is 6.28. The Bertz CT molecular complexity index is 1640. The number of hydrogen-bond donors (Lipinski definition) is 1. The molecule has 2 N–H and O–H groups in total. The summed E-state index contributed by atoms with van der Waals surface area (Å²) < 4.78 is 35.5. The number of nitrogens with two attached hydrogens (primary N) is 1. The number of pyridine rings is 1. The van der Waals surface area contributed by atoms with Crippen LogP contribution in [-0.4, -0.2) is 91.6 Å². The van der Waals surface area contributed by atoms with Crippen molar-refractivity contribution >= 4 is 52.5 Å². The Labute approximate surface area is 267 Å². The zero-order chi connectivity index (χ0) is 33.6. The first-order valence-electron chi connectivity index (χ1n) is 13.9. The number of carbonyl (C=O) groups is 4. The molecule has 3 aromatic heterocycles. The van der Waals surface area contributed by atoms with Crippen LogP contribution in [0.15, 0.2) is 30.9 Å². The maximum Gasteiger partial charge on any atom is 0.350 e. The second-order valence-electron chi connectivity index (χ2n) is 9.89. The SMILES string of the molecule is C#C[C@@]1(OC(C)=O)[C@@H](COC(Cc2ccncc2)(C(=O)OCC)C(=O)OCC)O[C@@H](n2cnc3c(N)nc(Cl)nc32)[C@@H]1OC(C)=O. The van der Waals surface area contributed by atoms with Gasteiger partial charge in [-0.3, -0.25) is 19.1 Å². The summed E-state index contributed by atoms with van der Waals surface area (Å²) in [6.07, 6.45) is 5.45. The largest absolute Gasteiger partial charge is 0.463 e. The van der Waals surface area contributed by atoms with Crippen molar-refractivity contribution in [2.24, 2.45) is 0 Å². The van der Waals surface area contributed by atoms with E-state index in [4.69, 9.17) is 52.2 Å². The van der Waals surface area contributed by atoms with E-state index >= 15 is 0 Å². The standard InChI is InChI=1S/C29H31ClN6O10/c1-6-28(46-17(5)38)19(14-43-29(25(39)41-7-2,26(40)42-8-3)13-18-9-11-32-12-10-18)45-24(21(28)44-16(4)37)36-15-33-20-22(31)34-27(30)35-23(20)36/h1,9-12,15,19,21,24H,7-8,13-14H2,2-5H3,(H2,31,34,35)/t19-,21+,24-,28-/m1/s1. The lowest BCUT2D eigenvalue weighted by molar-refractivity contribution is -0.200. The van der Waals surface area contributed by atoms with Crippen LogP contribution in [0, 0.1) is 12.3 Å². The number of terminal acetylenes is 1. The molecule has 3 aromatic rings. The second-order valence-corrected chi connectivity index (χ2v) is 10.2. The van der Waals surface area contributed by atoms with Gasteiger partial charge in [-0.1, -0.05) is 5.92 Å². The van der Waals surface area contributed by atoms with Crippen molar-refractivity contribution in [1.29, 1.82) is 0 Å². The molecule has 1 aliphatic rings. The lowest BCUT2D eigenvalue weighted by Gasteiger charge is -2.34. The van der Waals surface area contributed by atoms with Gasteiger partial charge in [0.2, 0.25) is 17.0 Å². The van der Waals surface area contributed by atoms with Crippen LogP contribution in [0.3, 0.4) is 0 Å². The van der Waals surface area contributed by atoms with Gasteiger partial charge in [0.1, 0.15) is 11.6 Å². The van der Waals surface area contributed by atoms with Crippen LogP contribution in [-0.2, 0) is 54.0 Å². The van der Waals surface area contributed by atoms with E-state index in [0.717, 1.165) is 13.8 Å². The van der Waals surface area contributed by atoms with Gasteiger partial charge < -0.3 is 34.2 Å². The number of halogens is 1. The zero-order valence-electron chi connectivity index (χ0n) is 25.3. The van der Waals surface area contributed by atoms with Crippen LogP contribution in [0.4, 0.5) is 5.82 Å². The van der Waals surface area contributed by atoms with Crippen molar-refractivity contribution in [3.05, 3.63) is 41.7 Å². The maximum atomic E-state index is 13.5. The summed E-state index contributed by atoms with van der Waals surface area (Å²) >= 11 is 6.06. The molecule has 0 bridgehead atoms. The minimum absolute atomic E-state index is 0.0522. The highest BCUT2D eigenvalue weighted by Crippen LogP contribution is 2.44. The molecular formula is C29H31ClN6O10. The molecule has 1 saturated heterocycles. The van der Waals surface area contributed by atoms with Gasteiger partial charge in [-0.2, -0.15) is 9.97 Å². The molecule has 1 fully saturated rings. The zero-order valence-corrected chi connectivity index (χ0v) is 26.1. The van der Waals surface area contributed by atoms with Crippen LogP contribution in [0.25, 0.3) is 11.2 Å². The number of nitrogens with zero attached hydrogens (tertiary/aromatic N) is 5. The molecule has 4 heterocycles. The number of anilines is 1. The van der Waals surface area contributed by atoms with Gasteiger partial charge >= 0.3 is 23.9 Å². The number of esters is 4. The Morgan fingerprint density at radius 3 is 2.33 bits per heavy atom. The number of fused-ring (bicyclic) bond motifs is 1. The van der Waals surface area contributed by atoms with E-state index in [2.05, 4.69) is 25.9 Å². The monoisotopic (exact) mass is 658 g/mol. The van der Waals surface area contributed by atoms with Gasteiger partial charge in [0.25, 0.3) is 5.60 Å². The van der Waals surface area contributed by atoms with E-state index in [9.17, 15) is 19.2 Å². The summed E-state index contributed by atoms with van der Waals surface area (Å²) in [4.78, 5) is 68.1. The number of rotatable bonds is 12. The second kappa shape index (κ2) is 14.1. The summed E-state index contributed by atoms with van der Waals surface area (Å²) in [7, 11) is 0. The molecule has 46 heavy (non-hydrogen) atoms. The van der Waals surface area contributed by atoms with E-state index in [1.165, 1.54) is 23.3 Å². The molecule has 0 amide bonds. The van der Waals surface area contributed by atoms with E-state index in [-0.39, 0.29) is 41.9 Å². The van der Waals surface area contributed by atoms with Gasteiger partial charge in [-0.25, -0.2) is 14.6 Å². The highest BCUT2D eigenvalue weighted by atomic mass is 35.5. The Kier molecular flexibility index (Phi) is 10.4. The molecule has 0 spiro atoms. The molecule has 0 saturated carbocycles. The Morgan fingerprint density at radius 2 is 1.76 bits per heavy atom. The maximum absolute atomic E-state index is 13.5. The Morgan fingerprint density at radius 1 is 1.11 bits per heavy atom. The van der Waals surface area contributed by atoms with Crippen molar-refractivity contribution in [3.63, 3.8) is 0 Å². The van der Waals surface area contributed by atoms with Crippen molar-refractivity contribution in [3.8, 4) is 12.3 Å². The molecule has 0 aromatic carbocycles. The van der Waals surface area contributed by atoms with E-state index < -0.39 is 60.1 Å². The number of ether oxygens (including phenoxy) is 6. The molecule has 4 rings (SSSR count). The molecule has 0 radical (unpaired) electrons. The molecule has 17 heteroatoms. The fourth-order valence-corrected chi connectivity index (χ4v) is 5.17. The Balaban J connectivity index is 1.85. The topological polar surface area (TPSA) is 206 Å². The van der Waals surface area contributed by atoms with Gasteiger partial charge in [0, 0.05) is 32.7 Å². The van der Waals surface area contributed by atoms with Crippen LogP contribution in [0.1, 0.15) is 39.5 Å². The van der Waals surface area contributed by atoms with E-state index in [1.54, 1.807) is 26.0 Å². The van der Waals surface area contributed by atoms with Gasteiger partial charge in [0.05, 0.1) is 26.1 Å². The minimum Gasteiger partial charge on any atom is -0.463 e. The Hall–Kier alpha value is -4.85. The normalized spacial score (nSPS) is 20.9. The van der Waals surface area contributed by atoms with Gasteiger partial charge in [-0.05, 0) is 43.1 Å². The number of carbonyl (C=O) groups excluding carboxylic acids is 4. The molecular weight excluding hydrogens is 628 g/mol. The number of imidazole rings is 1. The quantitative estimate of drug-likeness (QED) is 0.0958. The molecule has 1 aliphatic heterocycles. The number of hydrogen-bond acceptors (Lipinski definition) is 15. The average molecular weight is 659 g/mol. The highest BCUT2D eigenvalue weighted by Gasteiger charge is 2.63. The third kappa shape index (κ3) is 6.57. The fraction of sp³-hybridized carbons (Fsp3) is 0.448. The van der Waals surface area contributed by atoms with Gasteiger partial charge in [0.15, 0.2) is 17.7 Å². The summed E-state index contributed by atoms with van der Waals surface area (Å²) in [5.74, 6) is -1.46. The van der Waals surface area contributed by atoms with Crippen molar-refractivity contribution in [1.82, 2.24) is 24.5 Å².